The van der Waals surface area contributed by atoms with Gasteiger partial charge in [0.15, 0.2) is 0 Å². The fourth-order valence-electron chi connectivity index (χ4n) is 1.92. The summed E-state index contributed by atoms with van der Waals surface area (Å²) in [5.41, 5.74) is 0. The lowest BCUT2D eigenvalue weighted by atomic mass is 10.0. The molecule has 0 N–H and O–H groups in total. The maximum absolute atomic E-state index is 5.87. The Morgan fingerprint density at radius 1 is 1.33 bits per heavy atom. The van der Waals surface area contributed by atoms with Gasteiger partial charge in [0.1, 0.15) is 0 Å². The molecular formula is C11H22ClNO2. The maximum Gasteiger partial charge on any atom is 0.0700 e. The molecule has 0 spiro atoms. The average molecular weight is 236 g/mol. The van der Waals surface area contributed by atoms with Gasteiger partial charge in [0.25, 0.3) is 0 Å². The molecule has 0 aromatic heterocycles. The van der Waals surface area contributed by atoms with Crippen LogP contribution < -0.4 is 0 Å². The third kappa shape index (κ3) is 5.71. The maximum atomic E-state index is 5.87. The van der Waals surface area contributed by atoms with Gasteiger partial charge in [-0.1, -0.05) is 0 Å². The molecule has 0 bridgehead atoms. The second kappa shape index (κ2) is 8.34. The predicted molar refractivity (Wildman–Crippen MR) is 62.6 cm³/mol. The van der Waals surface area contributed by atoms with Gasteiger partial charge < -0.3 is 14.4 Å². The van der Waals surface area contributed by atoms with E-state index in [0.717, 1.165) is 25.6 Å². The standard InChI is InChI=1S/C11H22ClNO2/c1-14-7-8-15-6-5-13-4-2-3-11(9-12)10-13/h11H,2-10H2,1H3. The molecule has 90 valence electrons. The van der Waals surface area contributed by atoms with Crippen molar-refractivity contribution in [2.45, 2.75) is 12.8 Å². The zero-order valence-electron chi connectivity index (χ0n) is 9.58. The van der Waals surface area contributed by atoms with Crippen LogP contribution in [-0.2, 0) is 9.47 Å². The molecule has 1 heterocycles. The van der Waals surface area contributed by atoms with E-state index in [1.54, 1.807) is 7.11 Å². The van der Waals surface area contributed by atoms with Gasteiger partial charge in [-0.25, -0.2) is 0 Å². The zero-order chi connectivity index (χ0) is 10.9. The quantitative estimate of drug-likeness (QED) is 0.494. The van der Waals surface area contributed by atoms with Crippen LogP contribution in [0, 0.1) is 5.92 Å². The van der Waals surface area contributed by atoms with Crippen molar-refractivity contribution in [1.82, 2.24) is 4.90 Å². The molecule has 0 amide bonds. The minimum absolute atomic E-state index is 0.680. The lowest BCUT2D eigenvalue weighted by molar-refractivity contribution is 0.0505. The van der Waals surface area contributed by atoms with Crippen LogP contribution in [-0.4, -0.2) is 57.3 Å². The topological polar surface area (TPSA) is 21.7 Å². The van der Waals surface area contributed by atoms with Gasteiger partial charge in [-0.3, -0.25) is 0 Å². The largest absolute Gasteiger partial charge is 0.382 e. The monoisotopic (exact) mass is 235 g/mol. The first kappa shape index (κ1) is 13.2. The number of ether oxygens (including phenoxy) is 2. The lowest BCUT2D eigenvalue weighted by Gasteiger charge is -2.31. The van der Waals surface area contributed by atoms with E-state index in [1.165, 1.54) is 19.4 Å². The fourth-order valence-corrected chi connectivity index (χ4v) is 2.17. The molecule has 0 saturated carbocycles. The molecule has 1 rings (SSSR count). The Hall–Kier alpha value is 0.170. The van der Waals surface area contributed by atoms with Gasteiger partial charge >= 0.3 is 0 Å². The molecule has 0 aromatic rings. The number of halogens is 1. The second-order valence-electron chi connectivity index (χ2n) is 4.07. The Labute approximate surface area is 97.7 Å². The number of methoxy groups -OCH3 is 1. The summed E-state index contributed by atoms with van der Waals surface area (Å²) in [6.07, 6.45) is 2.56. The van der Waals surface area contributed by atoms with Gasteiger partial charge in [0.2, 0.25) is 0 Å². The van der Waals surface area contributed by atoms with E-state index in [0.29, 0.717) is 19.1 Å². The normalized spacial score (nSPS) is 23.2. The van der Waals surface area contributed by atoms with Gasteiger partial charge in [0, 0.05) is 26.1 Å². The minimum Gasteiger partial charge on any atom is -0.382 e. The summed E-state index contributed by atoms with van der Waals surface area (Å²) in [5.74, 6) is 1.47. The fraction of sp³-hybridized carbons (Fsp3) is 1.00. The summed E-state index contributed by atoms with van der Waals surface area (Å²) in [6, 6.07) is 0. The first-order valence-corrected chi connectivity index (χ1v) is 6.25. The van der Waals surface area contributed by atoms with Crippen molar-refractivity contribution in [2.24, 2.45) is 5.92 Å². The van der Waals surface area contributed by atoms with Crippen LogP contribution in [0.4, 0.5) is 0 Å². The van der Waals surface area contributed by atoms with E-state index in [1.807, 2.05) is 0 Å². The highest BCUT2D eigenvalue weighted by molar-refractivity contribution is 6.18. The Kier molecular flexibility index (Phi) is 7.36. The number of rotatable bonds is 7. The number of alkyl halides is 1. The lowest BCUT2D eigenvalue weighted by Crippen LogP contribution is -2.38. The van der Waals surface area contributed by atoms with Crippen LogP contribution in [0.2, 0.25) is 0 Å². The van der Waals surface area contributed by atoms with Crippen molar-refractivity contribution in [1.29, 1.82) is 0 Å². The molecule has 0 aromatic carbocycles. The SMILES string of the molecule is COCCOCCN1CCCC(CCl)C1. The van der Waals surface area contributed by atoms with Crippen molar-refractivity contribution < 1.29 is 9.47 Å². The van der Waals surface area contributed by atoms with Crippen LogP contribution >= 0.6 is 11.6 Å². The Balaban J connectivity index is 2.00. The van der Waals surface area contributed by atoms with E-state index in [9.17, 15) is 0 Å². The van der Waals surface area contributed by atoms with E-state index in [4.69, 9.17) is 21.1 Å². The minimum atomic E-state index is 0.680. The summed E-state index contributed by atoms with van der Waals surface area (Å²) in [5, 5.41) is 0. The second-order valence-corrected chi connectivity index (χ2v) is 4.38. The first-order chi connectivity index (χ1) is 7.36. The summed E-state index contributed by atoms with van der Waals surface area (Å²) >= 11 is 5.87. The summed E-state index contributed by atoms with van der Waals surface area (Å²) in [6.45, 7) is 5.54. The zero-order valence-corrected chi connectivity index (χ0v) is 10.3. The Bertz CT molecular complexity index is 158. The highest BCUT2D eigenvalue weighted by Crippen LogP contribution is 2.16. The molecule has 1 unspecified atom stereocenters. The highest BCUT2D eigenvalue weighted by atomic mass is 35.5. The molecule has 1 atom stereocenters. The molecule has 1 saturated heterocycles. The first-order valence-electron chi connectivity index (χ1n) is 5.71. The molecular weight excluding hydrogens is 214 g/mol. The highest BCUT2D eigenvalue weighted by Gasteiger charge is 2.18. The third-order valence-electron chi connectivity index (χ3n) is 2.80. The van der Waals surface area contributed by atoms with E-state index in [2.05, 4.69) is 4.90 Å². The summed E-state index contributed by atoms with van der Waals surface area (Å²) in [7, 11) is 1.69. The van der Waals surface area contributed by atoms with Crippen LogP contribution in [0.1, 0.15) is 12.8 Å². The van der Waals surface area contributed by atoms with E-state index < -0.39 is 0 Å². The van der Waals surface area contributed by atoms with Crippen molar-refractivity contribution in [3.8, 4) is 0 Å². The van der Waals surface area contributed by atoms with Gasteiger partial charge in [-0.2, -0.15) is 0 Å². The van der Waals surface area contributed by atoms with Gasteiger partial charge in [0.05, 0.1) is 19.8 Å². The molecule has 4 heteroatoms. The van der Waals surface area contributed by atoms with Crippen LogP contribution in [0.3, 0.4) is 0 Å². The van der Waals surface area contributed by atoms with Crippen molar-refractivity contribution in [2.75, 3.05) is 52.4 Å². The third-order valence-corrected chi connectivity index (χ3v) is 3.24. The molecule has 1 aliphatic rings. The van der Waals surface area contributed by atoms with E-state index >= 15 is 0 Å². The average Bonchev–Trinajstić information content (AvgIpc) is 2.29. The molecule has 15 heavy (non-hydrogen) atoms. The van der Waals surface area contributed by atoms with Gasteiger partial charge in [-0.05, 0) is 25.3 Å². The van der Waals surface area contributed by atoms with Crippen molar-refractivity contribution in [3.05, 3.63) is 0 Å². The number of hydrogen-bond donors (Lipinski definition) is 0. The smallest absolute Gasteiger partial charge is 0.0700 e. The molecule has 0 aliphatic carbocycles. The molecule has 1 aliphatic heterocycles. The molecule has 1 fully saturated rings. The number of nitrogens with zero attached hydrogens (tertiary/aromatic N) is 1. The summed E-state index contributed by atoms with van der Waals surface area (Å²) < 4.78 is 10.4. The molecule has 0 radical (unpaired) electrons. The number of likely N-dealkylation sites (tertiary alicyclic amines) is 1. The van der Waals surface area contributed by atoms with Crippen LogP contribution in [0.5, 0.6) is 0 Å². The Morgan fingerprint density at radius 2 is 2.20 bits per heavy atom. The number of hydrogen-bond acceptors (Lipinski definition) is 3. The summed E-state index contributed by atoms with van der Waals surface area (Å²) in [4.78, 5) is 2.45. The van der Waals surface area contributed by atoms with Gasteiger partial charge in [-0.15, -0.1) is 11.6 Å². The van der Waals surface area contributed by atoms with Crippen molar-refractivity contribution >= 4 is 11.6 Å². The van der Waals surface area contributed by atoms with Crippen LogP contribution in [0.25, 0.3) is 0 Å². The van der Waals surface area contributed by atoms with Crippen molar-refractivity contribution in [3.63, 3.8) is 0 Å². The Morgan fingerprint density at radius 3 is 2.93 bits per heavy atom. The predicted octanol–water partition coefficient (Wildman–Crippen LogP) is 1.60. The van der Waals surface area contributed by atoms with E-state index in [-0.39, 0.29) is 0 Å². The van der Waals surface area contributed by atoms with Crippen LogP contribution in [0.15, 0.2) is 0 Å². The molecule has 3 nitrogen and oxygen atoms in total. The number of piperidine rings is 1.